The summed E-state index contributed by atoms with van der Waals surface area (Å²) in [5.41, 5.74) is 5.23. The molecule has 5 heterocycles. The summed E-state index contributed by atoms with van der Waals surface area (Å²) in [4.78, 5) is 89.0. The molecule has 2 aliphatic rings. The summed E-state index contributed by atoms with van der Waals surface area (Å²) in [5, 5.41) is 5.93. The zero-order valence-electron chi connectivity index (χ0n) is 38.2. The second kappa shape index (κ2) is 18.8. The van der Waals surface area contributed by atoms with Crippen LogP contribution in [0, 0.1) is 0 Å². The van der Waals surface area contributed by atoms with Crippen molar-refractivity contribution in [3.8, 4) is 22.8 Å². The van der Waals surface area contributed by atoms with E-state index in [1.807, 2.05) is 86.6 Å². The molecule has 9 rings (SSSR count). The minimum Gasteiger partial charge on any atom is -0.436 e. The smallest absolute Gasteiger partial charge is 0.329 e. The van der Waals surface area contributed by atoms with E-state index < -0.39 is 12.1 Å². The molecule has 2 unspecified atom stereocenters. The van der Waals surface area contributed by atoms with E-state index in [1.165, 1.54) is 0 Å². The number of aryl methyl sites for hydroxylation is 2. The Balaban J connectivity index is 0.773. The van der Waals surface area contributed by atoms with Crippen LogP contribution in [0.5, 0.6) is 0 Å². The molecule has 0 radical (unpaired) electrons. The molecule has 0 saturated carbocycles. The lowest BCUT2D eigenvalue weighted by Gasteiger charge is -2.27. The van der Waals surface area contributed by atoms with Crippen molar-refractivity contribution >= 4 is 57.1 Å². The van der Waals surface area contributed by atoms with Gasteiger partial charge in [0.15, 0.2) is 5.76 Å². The van der Waals surface area contributed by atoms with Gasteiger partial charge in [0, 0.05) is 73.6 Å². The third kappa shape index (κ3) is 8.59. The fourth-order valence-corrected chi connectivity index (χ4v) is 10.0. The molecule has 2 saturated heterocycles. The highest BCUT2D eigenvalue weighted by molar-refractivity contribution is 5.93. The van der Waals surface area contributed by atoms with Gasteiger partial charge in [0.2, 0.25) is 29.5 Å². The van der Waals surface area contributed by atoms with Crippen LogP contribution < -0.4 is 22.0 Å². The number of hydrogen-bond donors (Lipinski definition) is 2. The lowest BCUT2D eigenvalue weighted by Crippen LogP contribution is -2.43. The number of imidazole rings is 2. The molecule has 67 heavy (non-hydrogen) atoms. The number of anilines is 2. The molecular weight excluding hydrogens is 851 g/mol. The highest BCUT2D eigenvalue weighted by Crippen LogP contribution is 2.31. The summed E-state index contributed by atoms with van der Waals surface area (Å²) in [6.07, 6.45) is 4.85. The predicted molar refractivity (Wildman–Crippen MR) is 257 cm³/mol. The Morgan fingerprint density at radius 1 is 0.612 bits per heavy atom. The normalized spacial score (nSPS) is 17.0. The van der Waals surface area contributed by atoms with E-state index in [4.69, 9.17) is 4.42 Å². The number of carbonyl (C=O) groups is 4. The fraction of sp³-hybridized carbons (Fsp3) is 0.353. The van der Waals surface area contributed by atoms with Crippen molar-refractivity contribution in [2.75, 3.05) is 23.7 Å². The van der Waals surface area contributed by atoms with Gasteiger partial charge in [-0.05, 0) is 126 Å². The van der Waals surface area contributed by atoms with Crippen LogP contribution in [0.4, 0.5) is 11.4 Å². The molecule has 2 N–H and O–H groups in total. The van der Waals surface area contributed by atoms with Gasteiger partial charge in [-0.2, -0.15) is 0 Å². The minimum atomic E-state index is -0.720. The van der Waals surface area contributed by atoms with Crippen LogP contribution >= 0.6 is 0 Å². The number of hydrogen-bond acceptors (Lipinski definition) is 8. The Morgan fingerprint density at radius 3 is 1.46 bits per heavy atom. The van der Waals surface area contributed by atoms with Gasteiger partial charge in [-0.1, -0.05) is 24.3 Å². The second-order valence-corrected chi connectivity index (χ2v) is 17.5. The molecule has 4 amide bonds. The summed E-state index contributed by atoms with van der Waals surface area (Å²) in [6.45, 7) is 9.37. The summed E-state index contributed by atoms with van der Waals surface area (Å²) in [6, 6.07) is 27.4. The van der Waals surface area contributed by atoms with Gasteiger partial charge in [-0.3, -0.25) is 37.4 Å². The molecule has 4 atom stereocenters. The van der Waals surface area contributed by atoms with E-state index in [9.17, 15) is 28.8 Å². The third-order valence-corrected chi connectivity index (χ3v) is 13.4. The van der Waals surface area contributed by atoms with E-state index >= 15 is 0 Å². The van der Waals surface area contributed by atoms with Crippen molar-refractivity contribution in [2.45, 2.75) is 103 Å². The van der Waals surface area contributed by atoms with Crippen molar-refractivity contribution in [3.63, 3.8) is 0 Å². The van der Waals surface area contributed by atoms with E-state index in [0.29, 0.717) is 78.6 Å². The van der Waals surface area contributed by atoms with Crippen LogP contribution in [-0.2, 0) is 32.3 Å². The van der Waals surface area contributed by atoms with Crippen molar-refractivity contribution in [1.29, 1.82) is 0 Å². The van der Waals surface area contributed by atoms with Crippen molar-refractivity contribution < 1.29 is 23.6 Å². The van der Waals surface area contributed by atoms with Gasteiger partial charge in [0.05, 0.1) is 28.3 Å². The van der Waals surface area contributed by atoms with Gasteiger partial charge in [-0.15, -0.1) is 0 Å². The molecule has 7 aromatic rings. The molecule has 0 aliphatic carbocycles. The number of carbonyl (C=O) groups excluding carboxylic acids is 4. The van der Waals surface area contributed by atoms with Gasteiger partial charge in [-0.25, -0.2) is 14.6 Å². The van der Waals surface area contributed by atoms with Crippen LogP contribution in [0.25, 0.3) is 44.8 Å². The van der Waals surface area contributed by atoms with Gasteiger partial charge in [0.1, 0.15) is 12.1 Å². The van der Waals surface area contributed by atoms with Crippen LogP contribution in [-0.4, -0.2) is 81.9 Å². The molecule has 0 spiro atoms. The van der Waals surface area contributed by atoms with Crippen molar-refractivity contribution in [1.82, 2.24) is 33.1 Å². The summed E-state index contributed by atoms with van der Waals surface area (Å²) in [7, 11) is 0. The molecule has 2 aliphatic heterocycles. The first-order valence-electron chi connectivity index (χ1n) is 23.2. The van der Waals surface area contributed by atoms with E-state index in [-0.39, 0.29) is 59.9 Å². The summed E-state index contributed by atoms with van der Waals surface area (Å²) < 4.78 is 12.6. The summed E-state index contributed by atoms with van der Waals surface area (Å²) >= 11 is 0. The standard InChI is InChI=1S/C51H55N9O7/c1-5-55-40-15-7-9-17-42(40)59(50(55)65)32(3)48(63)57-27-11-13-38(57)29-45(61)53-36-23-19-34(20-24-36)44-31-52-47(67-44)35-21-25-37(26-22-35)54-46(62)30-39-14-12-28-58(39)49(64)33(4)60-43-18-10-8-16-41(43)56(6-2)51(60)66/h7-10,15-26,31-33,38-39H,5-6,11-14,27-30H2,1-4H3,(H,53,61)(H,54,62)/t32?,33?,38-,39-/m0/s1. The van der Waals surface area contributed by atoms with E-state index in [0.717, 1.165) is 29.4 Å². The number of fused-ring (bicyclic) bond motifs is 2. The molecule has 2 fully saturated rings. The lowest BCUT2D eigenvalue weighted by atomic mass is 10.1. The second-order valence-electron chi connectivity index (χ2n) is 17.5. The Hall–Kier alpha value is -7.49. The number of para-hydroxylation sites is 4. The number of benzene rings is 4. The topological polar surface area (TPSA) is 179 Å². The van der Waals surface area contributed by atoms with Gasteiger partial charge in [0.25, 0.3) is 0 Å². The van der Waals surface area contributed by atoms with E-state index in [1.54, 1.807) is 72.4 Å². The number of oxazole rings is 1. The fourth-order valence-electron chi connectivity index (χ4n) is 10.0. The number of likely N-dealkylation sites (tertiary alicyclic amines) is 2. The van der Waals surface area contributed by atoms with Crippen molar-refractivity contribution in [2.24, 2.45) is 0 Å². The van der Waals surface area contributed by atoms with Gasteiger partial charge < -0.3 is 24.9 Å². The first-order valence-corrected chi connectivity index (χ1v) is 23.2. The Bertz CT molecular complexity index is 2900. The third-order valence-electron chi connectivity index (χ3n) is 13.4. The van der Waals surface area contributed by atoms with Crippen LogP contribution in [0.3, 0.4) is 0 Å². The molecule has 0 bridgehead atoms. The zero-order chi connectivity index (χ0) is 46.9. The Kier molecular flexibility index (Phi) is 12.5. The van der Waals surface area contributed by atoms with Gasteiger partial charge >= 0.3 is 11.4 Å². The number of nitrogens with one attached hydrogen (secondary N) is 2. The molecule has 3 aromatic heterocycles. The Labute approximate surface area is 386 Å². The molecule has 16 nitrogen and oxygen atoms in total. The number of aromatic nitrogens is 5. The maximum absolute atomic E-state index is 13.9. The predicted octanol–water partition coefficient (Wildman–Crippen LogP) is 7.44. The number of nitrogens with zero attached hydrogens (tertiary/aromatic N) is 7. The number of rotatable bonds is 14. The van der Waals surface area contributed by atoms with Crippen LogP contribution in [0.2, 0.25) is 0 Å². The number of amides is 4. The SMILES string of the molecule is CCn1c(=O)n(C(C)C(=O)N2CCC[C@H]2CC(=O)Nc2ccc(-c3cnc(-c4ccc(NC(=O)C[C@@H]5CCCN5C(=O)C(C)n5c(=O)n(CC)c6ccccc65)cc4)o3)cc2)c2ccccc21. The summed E-state index contributed by atoms with van der Waals surface area (Å²) in [5.74, 6) is 0.158. The molecular formula is C51H55N9O7. The largest absolute Gasteiger partial charge is 0.436 e. The minimum absolute atomic E-state index is 0.133. The maximum Gasteiger partial charge on any atom is 0.329 e. The lowest BCUT2D eigenvalue weighted by molar-refractivity contribution is -0.136. The monoisotopic (exact) mass is 905 g/mol. The highest BCUT2D eigenvalue weighted by atomic mass is 16.4. The molecule has 346 valence electrons. The quantitative estimate of drug-likeness (QED) is 0.113. The van der Waals surface area contributed by atoms with E-state index in [2.05, 4.69) is 15.6 Å². The first-order chi connectivity index (χ1) is 32.4. The average Bonchev–Trinajstić information content (AvgIpc) is 4.19. The molecule has 16 heteroatoms. The van der Waals surface area contributed by atoms with Crippen LogP contribution in [0.1, 0.15) is 78.3 Å². The van der Waals surface area contributed by atoms with Crippen molar-refractivity contribution in [3.05, 3.63) is 124 Å². The zero-order valence-corrected chi connectivity index (χ0v) is 38.2. The highest BCUT2D eigenvalue weighted by Gasteiger charge is 2.36. The average molecular weight is 906 g/mol. The Morgan fingerprint density at radius 2 is 1.03 bits per heavy atom. The van der Waals surface area contributed by atoms with Crippen LogP contribution in [0.15, 0.2) is 117 Å². The molecule has 4 aromatic carbocycles. The first kappa shape index (κ1) is 44.7. The maximum atomic E-state index is 13.9.